The van der Waals surface area contributed by atoms with Gasteiger partial charge in [-0.25, -0.2) is 4.79 Å². The number of hydrogen-bond donors (Lipinski definition) is 1. The topological polar surface area (TPSA) is 42.1 Å². The van der Waals surface area contributed by atoms with Crippen LogP contribution in [0.5, 0.6) is 5.75 Å². The van der Waals surface area contributed by atoms with E-state index >= 15 is 0 Å². The first-order valence-electron chi connectivity index (χ1n) is 6.41. The molecule has 0 aliphatic heterocycles. The average molecular weight is 305 g/mol. The second-order valence-corrected chi connectivity index (χ2v) is 4.63. The third-order valence-electron chi connectivity index (χ3n) is 3.20. The van der Waals surface area contributed by atoms with Crippen LogP contribution in [0.25, 0.3) is 22.0 Å². The summed E-state index contributed by atoms with van der Waals surface area (Å²) in [5, 5.41) is 0.831. The van der Waals surface area contributed by atoms with Crippen LogP contribution in [0.4, 0.5) is 13.2 Å². The number of carbonyl (C=O) groups is 1. The molecule has 112 valence electrons. The number of hydrogen-bond acceptors (Lipinski definition) is 2. The van der Waals surface area contributed by atoms with Crippen molar-refractivity contribution in [2.75, 3.05) is 0 Å². The van der Waals surface area contributed by atoms with E-state index in [9.17, 15) is 18.0 Å². The number of rotatable bonds is 2. The number of aromatic amines is 1. The number of para-hydroxylation sites is 2. The fourth-order valence-corrected chi connectivity index (χ4v) is 2.23. The summed E-state index contributed by atoms with van der Waals surface area (Å²) in [6.45, 7) is 0. The number of alkyl halides is 3. The largest absolute Gasteiger partial charge is 0.491 e. The molecule has 3 rings (SSSR count). The number of esters is 1. The number of H-pyrrole nitrogens is 1. The number of aromatic nitrogens is 1. The molecule has 0 bridgehead atoms. The van der Waals surface area contributed by atoms with Crippen LogP contribution in [0.15, 0.2) is 54.7 Å². The third kappa shape index (κ3) is 2.55. The minimum absolute atomic E-state index is 0.130. The maximum absolute atomic E-state index is 12.4. The van der Waals surface area contributed by atoms with Crippen molar-refractivity contribution in [3.63, 3.8) is 0 Å². The predicted octanol–water partition coefficient (Wildman–Crippen LogP) is 4.30. The number of benzene rings is 2. The van der Waals surface area contributed by atoms with Crippen molar-refractivity contribution in [2.45, 2.75) is 6.18 Å². The molecule has 3 nitrogen and oxygen atoms in total. The molecule has 0 atom stereocenters. The predicted molar refractivity (Wildman–Crippen MR) is 75.4 cm³/mol. The fraction of sp³-hybridized carbons (Fsp3) is 0.0625. The summed E-state index contributed by atoms with van der Waals surface area (Å²) < 4.78 is 41.6. The zero-order valence-electron chi connectivity index (χ0n) is 11.1. The van der Waals surface area contributed by atoms with Crippen molar-refractivity contribution < 1.29 is 22.7 Å². The second-order valence-electron chi connectivity index (χ2n) is 4.63. The second kappa shape index (κ2) is 5.22. The van der Waals surface area contributed by atoms with Crippen LogP contribution in [0.1, 0.15) is 0 Å². The van der Waals surface area contributed by atoms with E-state index < -0.39 is 12.1 Å². The van der Waals surface area contributed by atoms with Gasteiger partial charge in [0.25, 0.3) is 0 Å². The van der Waals surface area contributed by atoms with Crippen molar-refractivity contribution in [3.8, 4) is 16.9 Å². The van der Waals surface area contributed by atoms with Gasteiger partial charge >= 0.3 is 12.1 Å². The smallest absolute Gasteiger partial charge is 0.419 e. The van der Waals surface area contributed by atoms with Crippen molar-refractivity contribution in [1.82, 2.24) is 4.98 Å². The van der Waals surface area contributed by atoms with E-state index in [1.54, 1.807) is 18.3 Å². The summed E-state index contributed by atoms with van der Waals surface area (Å²) in [6, 6.07) is 13.5. The first kappa shape index (κ1) is 14.2. The molecule has 1 aromatic heterocycles. The molecule has 0 fully saturated rings. The lowest BCUT2D eigenvalue weighted by molar-refractivity contribution is -0.189. The molecule has 1 heterocycles. The highest BCUT2D eigenvalue weighted by Gasteiger charge is 2.41. The standard InChI is InChI=1S/C16H10F3NO2/c17-16(18,19)15(21)22-14-8-4-2-6-11(14)12-9-20-13-7-3-1-5-10(12)13/h1-9,20H. The summed E-state index contributed by atoms with van der Waals surface area (Å²) in [5.74, 6) is -2.37. The molecule has 0 unspecified atom stereocenters. The Hall–Kier alpha value is -2.76. The maximum Gasteiger partial charge on any atom is 0.491 e. The van der Waals surface area contributed by atoms with E-state index in [2.05, 4.69) is 9.72 Å². The Kier molecular flexibility index (Phi) is 3.36. The minimum Gasteiger partial charge on any atom is -0.419 e. The Morgan fingerprint density at radius 3 is 2.41 bits per heavy atom. The van der Waals surface area contributed by atoms with Crippen LogP contribution in [0, 0.1) is 0 Å². The van der Waals surface area contributed by atoms with E-state index in [1.165, 1.54) is 12.1 Å². The quantitative estimate of drug-likeness (QED) is 0.566. The molecule has 0 radical (unpaired) electrons. The summed E-state index contributed by atoms with van der Waals surface area (Å²) in [4.78, 5) is 14.1. The molecule has 0 saturated heterocycles. The lowest BCUT2D eigenvalue weighted by Crippen LogP contribution is -2.28. The Balaban J connectivity index is 2.07. The average Bonchev–Trinajstić information content (AvgIpc) is 2.91. The van der Waals surface area contributed by atoms with E-state index in [4.69, 9.17) is 0 Å². The molecule has 0 spiro atoms. The first-order valence-corrected chi connectivity index (χ1v) is 6.41. The maximum atomic E-state index is 12.4. The molecule has 6 heteroatoms. The number of halogens is 3. The molecule has 3 aromatic rings. The Morgan fingerprint density at radius 2 is 1.64 bits per heavy atom. The highest BCUT2D eigenvalue weighted by Crippen LogP contribution is 2.35. The van der Waals surface area contributed by atoms with Crippen LogP contribution < -0.4 is 4.74 Å². The number of ether oxygens (including phenoxy) is 1. The van der Waals surface area contributed by atoms with E-state index in [0.29, 0.717) is 11.1 Å². The third-order valence-corrected chi connectivity index (χ3v) is 3.20. The van der Waals surface area contributed by atoms with Gasteiger partial charge in [-0.1, -0.05) is 36.4 Å². The number of fused-ring (bicyclic) bond motifs is 1. The Bertz CT molecular complexity index is 837. The fourth-order valence-electron chi connectivity index (χ4n) is 2.23. The highest BCUT2D eigenvalue weighted by molar-refractivity contribution is 5.97. The van der Waals surface area contributed by atoms with Crippen LogP contribution in [0.3, 0.4) is 0 Å². The van der Waals surface area contributed by atoms with Crippen molar-refractivity contribution in [3.05, 3.63) is 54.7 Å². The van der Waals surface area contributed by atoms with Crippen LogP contribution in [-0.4, -0.2) is 17.1 Å². The van der Waals surface area contributed by atoms with Crippen LogP contribution >= 0.6 is 0 Å². The highest BCUT2D eigenvalue weighted by atomic mass is 19.4. The normalized spacial score (nSPS) is 11.6. The van der Waals surface area contributed by atoms with Gasteiger partial charge in [0, 0.05) is 28.2 Å². The van der Waals surface area contributed by atoms with Gasteiger partial charge in [0.2, 0.25) is 0 Å². The zero-order chi connectivity index (χ0) is 15.7. The van der Waals surface area contributed by atoms with E-state index in [1.807, 2.05) is 24.3 Å². The van der Waals surface area contributed by atoms with Gasteiger partial charge in [-0.15, -0.1) is 0 Å². The van der Waals surface area contributed by atoms with Gasteiger partial charge < -0.3 is 9.72 Å². The molecule has 1 N–H and O–H groups in total. The van der Waals surface area contributed by atoms with Crippen molar-refractivity contribution in [2.24, 2.45) is 0 Å². The molecule has 0 aliphatic carbocycles. The monoisotopic (exact) mass is 305 g/mol. The summed E-state index contributed by atoms with van der Waals surface area (Å²) in [6.07, 6.45) is -3.36. The van der Waals surface area contributed by atoms with Crippen LogP contribution in [0.2, 0.25) is 0 Å². The zero-order valence-corrected chi connectivity index (χ0v) is 11.1. The van der Waals surface area contributed by atoms with Crippen molar-refractivity contribution in [1.29, 1.82) is 0 Å². The molecule has 2 aromatic carbocycles. The summed E-state index contributed by atoms with van der Waals surface area (Å²) in [7, 11) is 0. The number of nitrogens with one attached hydrogen (secondary N) is 1. The first-order chi connectivity index (χ1) is 10.5. The minimum atomic E-state index is -5.03. The lowest BCUT2D eigenvalue weighted by atomic mass is 10.0. The van der Waals surface area contributed by atoms with Gasteiger partial charge in [0.15, 0.2) is 0 Å². The number of carbonyl (C=O) groups excluding carboxylic acids is 1. The molecule has 0 amide bonds. The SMILES string of the molecule is O=C(Oc1ccccc1-c1c[nH]c2ccccc12)C(F)(F)F. The molecule has 0 aliphatic rings. The molecule has 0 saturated carbocycles. The molecular weight excluding hydrogens is 295 g/mol. The molecular formula is C16H10F3NO2. The van der Waals surface area contributed by atoms with Gasteiger partial charge in [-0.05, 0) is 12.1 Å². The van der Waals surface area contributed by atoms with Gasteiger partial charge in [0.1, 0.15) is 5.75 Å². The van der Waals surface area contributed by atoms with E-state index in [0.717, 1.165) is 10.9 Å². The Morgan fingerprint density at radius 1 is 0.955 bits per heavy atom. The van der Waals surface area contributed by atoms with Gasteiger partial charge in [-0.2, -0.15) is 13.2 Å². The summed E-state index contributed by atoms with van der Waals surface area (Å²) in [5.41, 5.74) is 1.92. The lowest BCUT2D eigenvalue weighted by Gasteiger charge is -2.10. The Labute approximate surface area is 123 Å². The van der Waals surface area contributed by atoms with Crippen LogP contribution in [-0.2, 0) is 4.79 Å². The van der Waals surface area contributed by atoms with E-state index in [-0.39, 0.29) is 5.75 Å². The summed E-state index contributed by atoms with van der Waals surface area (Å²) >= 11 is 0. The van der Waals surface area contributed by atoms with Gasteiger partial charge in [0.05, 0.1) is 0 Å². The molecule has 22 heavy (non-hydrogen) atoms. The van der Waals surface area contributed by atoms with Gasteiger partial charge in [-0.3, -0.25) is 0 Å². The van der Waals surface area contributed by atoms with Crippen molar-refractivity contribution >= 4 is 16.9 Å².